The largest absolute Gasteiger partial charge is 0.342 e. The number of likely N-dealkylation sites (N-methyl/N-ethyl adjacent to an activating group) is 1. The van der Waals surface area contributed by atoms with Gasteiger partial charge in [0.05, 0.1) is 31.4 Å². The molecule has 1 amide bonds. The van der Waals surface area contributed by atoms with Gasteiger partial charge in [0.1, 0.15) is 6.54 Å². The Balaban J connectivity index is 4.70. The third kappa shape index (κ3) is 7.62. The summed E-state index contributed by atoms with van der Waals surface area (Å²) in [5.41, 5.74) is -0.443. The number of rotatable bonds is 8. The summed E-state index contributed by atoms with van der Waals surface area (Å²) in [6, 6.07) is 0.0248. The molecule has 118 valence electrons. The van der Waals surface area contributed by atoms with E-state index in [4.69, 9.17) is 4.55 Å². The maximum atomic E-state index is 11.4. The first-order valence-electron chi connectivity index (χ1n) is 6.51. The number of carbonyl (C=O) groups excluding carboxylic acids is 1. The summed E-state index contributed by atoms with van der Waals surface area (Å²) in [5, 5.41) is 2.85. The average Bonchev–Trinajstić information content (AvgIpc) is 2.22. The molecule has 0 aromatic heterocycles. The predicted molar refractivity (Wildman–Crippen MR) is 79.9 cm³/mol. The molecule has 0 aliphatic rings. The second-order valence-corrected chi connectivity index (χ2v) is 8.01. The van der Waals surface area contributed by atoms with E-state index in [0.717, 1.165) is 0 Å². The van der Waals surface area contributed by atoms with E-state index < -0.39 is 15.7 Å². The van der Waals surface area contributed by atoms with Crippen molar-refractivity contribution in [2.24, 2.45) is 0 Å². The van der Waals surface area contributed by atoms with Crippen LogP contribution >= 0.6 is 0 Å². The van der Waals surface area contributed by atoms with Crippen molar-refractivity contribution in [2.75, 3.05) is 26.4 Å². The predicted octanol–water partition coefficient (Wildman–Crippen LogP) is 0.810. The first kappa shape index (κ1) is 19.1. The molecule has 0 bridgehead atoms. The molecule has 0 aromatic carbocycles. The SMILES string of the molecule is C=CC(=O)NC(C)(C)C[N+](C)(C)C(C)CCS(=O)(=O)O. The van der Waals surface area contributed by atoms with Gasteiger partial charge in [-0.1, -0.05) is 6.58 Å². The summed E-state index contributed by atoms with van der Waals surface area (Å²) in [5.74, 6) is -0.490. The maximum absolute atomic E-state index is 11.4. The third-order valence-corrected chi connectivity index (χ3v) is 4.19. The van der Waals surface area contributed by atoms with Crippen molar-refractivity contribution >= 4 is 16.0 Å². The van der Waals surface area contributed by atoms with Crippen molar-refractivity contribution in [2.45, 2.75) is 38.8 Å². The van der Waals surface area contributed by atoms with Gasteiger partial charge in [-0.25, -0.2) is 0 Å². The molecule has 0 spiro atoms. The van der Waals surface area contributed by atoms with Crippen LogP contribution in [0.15, 0.2) is 12.7 Å². The molecular formula is C13H27N2O4S+. The van der Waals surface area contributed by atoms with Crippen LogP contribution in [0.5, 0.6) is 0 Å². The Morgan fingerprint density at radius 1 is 1.45 bits per heavy atom. The van der Waals surface area contributed by atoms with E-state index in [0.29, 0.717) is 17.4 Å². The first-order valence-corrected chi connectivity index (χ1v) is 8.12. The monoisotopic (exact) mass is 307 g/mol. The second-order valence-electron chi connectivity index (χ2n) is 6.44. The zero-order valence-corrected chi connectivity index (χ0v) is 13.8. The number of nitrogens with zero attached hydrogens (tertiary/aromatic N) is 1. The normalized spacial score (nSPS) is 14.7. The summed E-state index contributed by atoms with van der Waals surface area (Å²) in [6.07, 6.45) is 1.58. The van der Waals surface area contributed by atoms with Gasteiger partial charge in [0.25, 0.3) is 10.1 Å². The second kappa shape index (κ2) is 6.69. The molecule has 0 rings (SSSR count). The van der Waals surface area contributed by atoms with Crippen LogP contribution in [-0.2, 0) is 14.9 Å². The minimum atomic E-state index is -3.94. The van der Waals surface area contributed by atoms with Gasteiger partial charge in [-0.15, -0.1) is 0 Å². The van der Waals surface area contributed by atoms with Crippen LogP contribution < -0.4 is 5.32 Å². The highest BCUT2D eigenvalue weighted by molar-refractivity contribution is 7.85. The van der Waals surface area contributed by atoms with E-state index in [1.54, 1.807) is 0 Å². The number of amides is 1. The van der Waals surface area contributed by atoms with Gasteiger partial charge in [0.15, 0.2) is 0 Å². The zero-order valence-electron chi connectivity index (χ0n) is 13.0. The van der Waals surface area contributed by atoms with Crippen molar-refractivity contribution in [3.63, 3.8) is 0 Å². The third-order valence-electron chi connectivity index (χ3n) is 3.44. The van der Waals surface area contributed by atoms with Crippen LogP contribution in [0, 0.1) is 0 Å². The molecule has 0 saturated heterocycles. The molecule has 0 heterocycles. The summed E-state index contributed by atoms with van der Waals surface area (Å²) in [7, 11) is -0.00167. The van der Waals surface area contributed by atoms with E-state index in [-0.39, 0.29) is 17.7 Å². The summed E-state index contributed by atoms with van der Waals surface area (Å²) in [6.45, 7) is 9.79. The van der Waals surface area contributed by atoms with Gasteiger partial charge in [0.2, 0.25) is 5.91 Å². The van der Waals surface area contributed by atoms with Crippen LogP contribution in [0.2, 0.25) is 0 Å². The number of hydrogen-bond acceptors (Lipinski definition) is 3. The Morgan fingerprint density at radius 3 is 2.35 bits per heavy atom. The Kier molecular flexibility index (Phi) is 6.38. The molecule has 0 fully saturated rings. The van der Waals surface area contributed by atoms with E-state index in [1.165, 1.54) is 6.08 Å². The molecular weight excluding hydrogens is 280 g/mol. The van der Waals surface area contributed by atoms with Crippen molar-refractivity contribution in [1.82, 2.24) is 5.32 Å². The fourth-order valence-corrected chi connectivity index (χ4v) is 2.91. The van der Waals surface area contributed by atoms with E-state index >= 15 is 0 Å². The quantitative estimate of drug-likeness (QED) is 0.395. The van der Waals surface area contributed by atoms with Crippen molar-refractivity contribution in [1.29, 1.82) is 0 Å². The van der Waals surface area contributed by atoms with Crippen LogP contribution in [0.3, 0.4) is 0 Å². The fraction of sp³-hybridized carbons (Fsp3) is 0.769. The highest BCUT2D eigenvalue weighted by atomic mass is 32.2. The first-order chi connectivity index (χ1) is 8.79. The lowest BCUT2D eigenvalue weighted by atomic mass is 10.0. The number of quaternary nitrogens is 1. The van der Waals surface area contributed by atoms with E-state index in [1.807, 2.05) is 34.9 Å². The van der Waals surface area contributed by atoms with Crippen LogP contribution in [0.25, 0.3) is 0 Å². The van der Waals surface area contributed by atoms with Crippen LogP contribution in [0.1, 0.15) is 27.2 Å². The molecule has 7 heteroatoms. The molecule has 0 aliphatic carbocycles. The summed E-state index contributed by atoms with van der Waals surface area (Å²) in [4.78, 5) is 11.4. The topological polar surface area (TPSA) is 83.5 Å². The lowest BCUT2D eigenvalue weighted by Gasteiger charge is -2.42. The van der Waals surface area contributed by atoms with Crippen molar-refractivity contribution < 1.29 is 22.2 Å². The molecule has 1 unspecified atom stereocenters. The van der Waals surface area contributed by atoms with Gasteiger partial charge in [-0.05, 0) is 26.8 Å². The smallest absolute Gasteiger partial charge is 0.265 e. The van der Waals surface area contributed by atoms with Gasteiger partial charge in [0, 0.05) is 6.42 Å². The Morgan fingerprint density at radius 2 is 1.95 bits per heavy atom. The molecule has 0 aromatic rings. The molecule has 0 aliphatic heterocycles. The number of carbonyl (C=O) groups is 1. The molecule has 2 N–H and O–H groups in total. The molecule has 1 atom stereocenters. The summed E-state index contributed by atoms with van der Waals surface area (Å²) < 4.78 is 31.0. The summed E-state index contributed by atoms with van der Waals surface area (Å²) >= 11 is 0. The Bertz CT molecular complexity index is 455. The lowest BCUT2D eigenvalue weighted by molar-refractivity contribution is -0.916. The highest BCUT2D eigenvalue weighted by Crippen LogP contribution is 2.17. The minimum absolute atomic E-state index is 0.0248. The van der Waals surface area contributed by atoms with Gasteiger partial charge < -0.3 is 9.80 Å². The van der Waals surface area contributed by atoms with E-state index in [9.17, 15) is 13.2 Å². The van der Waals surface area contributed by atoms with Gasteiger partial charge >= 0.3 is 0 Å². The number of hydrogen-bond donors (Lipinski definition) is 2. The molecule has 6 nitrogen and oxygen atoms in total. The van der Waals surface area contributed by atoms with E-state index in [2.05, 4.69) is 11.9 Å². The average molecular weight is 307 g/mol. The van der Waals surface area contributed by atoms with Gasteiger partial charge in [-0.2, -0.15) is 8.42 Å². The fourth-order valence-electron chi connectivity index (χ4n) is 2.27. The number of nitrogens with one attached hydrogen (secondary N) is 1. The zero-order chi connectivity index (χ0) is 16.2. The highest BCUT2D eigenvalue weighted by Gasteiger charge is 2.33. The standard InChI is InChI=1S/C13H26N2O4S/c1-7-12(16)14-13(3,4)10-15(5,6)11(2)8-9-20(17,18)19/h7,11H,1,8-10H2,2-6H3,(H-,14,16,17,18,19)/p+1. The van der Waals surface area contributed by atoms with Crippen LogP contribution in [0.4, 0.5) is 0 Å². The Hall–Kier alpha value is -0.920. The lowest BCUT2D eigenvalue weighted by Crippen LogP contribution is -2.59. The molecule has 0 radical (unpaired) electrons. The van der Waals surface area contributed by atoms with Gasteiger partial charge in [-0.3, -0.25) is 9.35 Å². The molecule has 0 saturated carbocycles. The van der Waals surface area contributed by atoms with Crippen molar-refractivity contribution in [3.05, 3.63) is 12.7 Å². The maximum Gasteiger partial charge on any atom is 0.265 e. The minimum Gasteiger partial charge on any atom is -0.342 e. The van der Waals surface area contributed by atoms with Crippen LogP contribution in [-0.4, -0.2) is 61.3 Å². The Labute approximate surface area is 122 Å². The molecule has 20 heavy (non-hydrogen) atoms. The van der Waals surface area contributed by atoms with Crippen molar-refractivity contribution in [3.8, 4) is 0 Å².